The first kappa shape index (κ1) is 11.0. The van der Waals surface area contributed by atoms with Crippen LogP contribution in [0.1, 0.15) is 26.2 Å². The maximum Gasteiger partial charge on any atom is 0.303 e. The number of nitrogens with zero attached hydrogens (tertiary/aromatic N) is 1. The molecule has 14 heavy (non-hydrogen) atoms. The average molecular weight is 201 g/mol. The molecule has 1 aliphatic rings. The summed E-state index contributed by atoms with van der Waals surface area (Å²) in [5.41, 5.74) is -0.748. The highest BCUT2D eigenvalue weighted by atomic mass is 16.4. The Morgan fingerprint density at radius 3 is 2.36 bits per heavy atom. The number of carbonyl (C=O) groups is 2. The molecule has 0 aromatic rings. The van der Waals surface area contributed by atoms with Crippen molar-refractivity contribution in [2.45, 2.75) is 31.8 Å². The molecule has 0 aromatic carbocycles. The minimum Gasteiger partial charge on any atom is -0.481 e. The van der Waals surface area contributed by atoms with Crippen molar-refractivity contribution < 1.29 is 19.8 Å². The lowest BCUT2D eigenvalue weighted by Gasteiger charge is -2.44. The van der Waals surface area contributed by atoms with E-state index in [4.69, 9.17) is 5.11 Å². The number of aliphatic carboxylic acids is 1. The van der Waals surface area contributed by atoms with Crippen molar-refractivity contribution in [2.24, 2.45) is 0 Å². The van der Waals surface area contributed by atoms with Crippen molar-refractivity contribution in [1.82, 2.24) is 4.90 Å². The molecule has 0 aliphatic carbocycles. The van der Waals surface area contributed by atoms with Crippen molar-refractivity contribution in [2.75, 3.05) is 13.1 Å². The minimum absolute atomic E-state index is 0.0238. The Balaban J connectivity index is 2.15. The normalized spacial score (nSPS) is 18.9. The van der Waals surface area contributed by atoms with Gasteiger partial charge in [-0.25, -0.2) is 0 Å². The van der Waals surface area contributed by atoms with Crippen LogP contribution in [0, 0.1) is 0 Å². The van der Waals surface area contributed by atoms with Crippen LogP contribution in [-0.4, -0.2) is 45.7 Å². The number of hydrogen-bond acceptors (Lipinski definition) is 3. The highest BCUT2D eigenvalue weighted by Gasteiger charge is 2.38. The third-order valence-corrected chi connectivity index (χ3v) is 2.20. The van der Waals surface area contributed by atoms with E-state index in [0.717, 1.165) is 0 Å². The number of amides is 1. The lowest BCUT2D eigenvalue weighted by molar-refractivity contribution is -0.152. The molecule has 2 N–H and O–H groups in total. The number of aliphatic hydroxyl groups is 1. The van der Waals surface area contributed by atoms with Crippen LogP contribution >= 0.6 is 0 Å². The molecule has 5 heteroatoms. The van der Waals surface area contributed by atoms with E-state index in [9.17, 15) is 14.7 Å². The summed E-state index contributed by atoms with van der Waals surface area (Å²) >= 11 is 0. The molecule has 0 spiro atoms. The predicted molar refractivity (Wildman–Crippen MR) is 48.7 cm³/mol. The molecular weight excluding hydrogens is 186 g/mol. The van der Waals surface area contributed by atoms with Crippen molar-refractivity contribution in [3.63, 3.8) is 0 Å². The maximum absolute atomic E-state index is 11.3. The van der Waals surface area contributed by atoms with Crippen LogP contribution in [0.3, 0.4) is 0 Å². The Labute approximate surface area is 82.3 Å². The van der Waals surface area contributed by atoms with E-state index in [1.807, 2.05) is 0 Å². The largest absolute Gasteiger partial charge is 0.481 e. The number of β-amino-alcohol motifs (C(OH)–C–C–N with tert-alkyl or cyclic N) is 1. The van der Waals surface area contributed by atoms with Gasteiger partial charge < -0.3 is 15.1 Å². The van der Waals surface area contributed by atoms with Gasteiger partial charge in [0.05, 0.1) is 18.7 Å². The SMILES string of the molecule is CC1(O)CN(C(=O)CCCC(=O)O)C1. The highest BCUT2D eigenvalue weighted by Crippen LogP contribution is 2.20. The van der Waals surface area contributed by atoms with Gasteiger partial charge in [-0.15, -0.1) is 0 Å². The fraction of sp³-hybridized carbons (Fsp3) is 0.778. The lowest BCUT2D eigenvalue weighted by Crippen LogP contribution is -2.61. The van der Waals surface area contributed by atoms with Gasteiger partial charge in [-0.3, -0.25) is 9.59 Å². The molecular formula is C9H15NO4. The molecule has 0 bridgehead atoms. The molecule has 1 heterocycles. The third kappa shape index (κ3) is 2.99. The first-order valence-electron chi connectivity index (χ1n) is 4.63. The van der Waals surface area contributed by atoms with Crippen molar-refractivity contribution in [3.05, 3.63) is 0 Å². The number of carbonyl (C=O) groups excluding carboxylic acids is 1. The third-order valence-electron chi connectivity index (χ3n) is 2.20. The molecule has 0 unspecified atom stereocenters. The number of hydrogen-bond donors (Lipinski definition) is 2. The van der Waals surface area contributed by atoms with Crippen LogP contribution in [0.2, 0.25) is 0 Å². The Kier molecular flexibility index (Phi) is 3.10. The fourth-order valence-electron chi connectivity index (χ4n) is 1.50. The second-order valence-electron chi connectivity index (χ2n) is 3.99. The van der Waals surface area contributed by atoms with E-state index in [2.05, 4.69) is 0 Å². The van der Waals surface area contributed by atoms with E-state index >= 15 is 0 Å². The summed E-state index contributed by atoms with van der Waals surface area (Å²) in [5.74, 6) is -0.953. The summed E-state index contributed by atoms with van der Waals surface area (Å²) < 4.78 is 0. The predicted octanol–water partition coefficient (Wildman–Crippen LogP) is -0.166. The van der Waals surface area contributed by atoms with Gasteiger partial charge in [0.1, 0.15) is 0 Å². The van der Waals surface area contributed by atoms with Gasteiger partial charge in [-0.1, -0.05) is 0 Å². The fourth-order valence-corrected chi connectivity index (χ4v) is 1.50. The van der Waals surface area contributed by atoms with Gasteiger partial charge in [0.15, 0.2) is 0 Å². The Morgan fingerprint density at radius 1 is 1.36 bits per heavy atom. The lowest BCUT2D eigenvalue weighted by atomic mass is 9.96. The zero-order valence-electron chi connectivity index (χ0n) is 8.19. The van der Waals surface area contributed by atoms with Crippen molar-refractivity contribution in [1.29, 1.82) is 0 Å². The summed E-state index contributed by atoms with van der Waals surface area (Å²) in [6.45, 7) is 2.39. The van der Waals surface area contributed by atoms with Gasteiger partial charge in [0.2, 0.25) is 5.91 Å². The van der Waals surface area contributed by atoms with Crippen LogP contribution in [0.25, 0.3) is 0 Å². The smallest absolute Gasteiger partial charge is 0.303 e. The summed E-state index contributed by atoms with van der Waals surface area (Å²) in [6.07, 6.45) is 0.644. The van der Waals surface area contributed by atoms with Crippen LogP contribution < -0.4 is 0 Å². The van der Waals surface area contributed by atoms with E-state index < -0.39 is 11.6 Å². The molecule has 5 nitrogen and oxygen atoms in total. The van der Waals surface area contributed by atoms with E-state index in [-0.39, 0.29) is 18.7 Å². The monoisotopic (exact) mass is 201 g/mol. The minimum atomic E-state index is -0.881. The number of carboxylic acid groups (broad SMARTS) is 1. The summed E-state index contributed by atoms with van der Waals surface area (Å²) in [5, 5.41) is 17.7. The van der Waals surface area contributed by atoms with Crippen molar-refractivity contribution >= 4 is 11.9 Å². The molecule has 1 amide bonds. The molecule has 0 atom stereocenters. The number of likely N-dealkylation sites (tertiary alicyclic amines) is 1. The topological polar surface area (TPSA) is 77.8 Å². The summed E-state index contributed by atoms with van der Waals surface area (Å²) in [6, 6.07) is 0. The molecule has 0 saturated carbocycles. The quantitative estimate of drug-likeness (QED) is 0.662. The molecule has 1 fully saturated rings. The molecule has 80 valence electrons. The van der Waals surface area contributed by atoms with Crippen LogP contribution in [0.4, 0.5) is 0 Å². The highest BCUT2D eigenvalue weighted by molar-refractivity contribution is 5.78. The second-order valence-corrected chi connectivity index (χ2v) is 3.99. The number of rotatable bonds is 4. The second kappa shape index (κ2) is 3.96. The van der Waals surface area contributed by atoms with Gasteiger partial charge in [-0.05, 0) is 13.3 Å². The Bertz CT molecular complexity index is 241. The summed E-state index contributed by atoms with van der Waals surface area (Å²) in [7, 11) is 0. The molecule has 0 radical (unpaired) electrons. The summed E-state index contributed by atoms with van der Waals surface area (Å²) in [4.78, 5) is 23.0. The first-order chi connectivity index (χ1) is 6.41. The van der Waals surface area contributed by atoms with Crippen LogP contribution in [0.15, 0.2) is 0 Å². The number of carboxylic acids is 1. The average Bonchev–Trinajstić information content (AvgIpc) is 1.99. The molecule has 1 saturated heterocycles. The molecule has 1 rings (SSSR count). The molecule has 0 aromatic heterocycles. The van der Waals surface area contributed by atoms with E-state index in [1.54, 1.807) is 11.8 Å². The zero-order valence-corrected chi connectivity index (χ0v) is 8.19. The van der Waals surface area contributed by atoms with Gasteiger partial charge in [-0.2, -0.15) is 0 Å². The standard InChI is InChI=1S/C9H15NO4/c1-9(14)5-10(6-9)7(11)3-2-4-8(12)13/h14H,2-6H2,1H3,(H,12,13). The zero-order chi connectivity index (χ0) is 10.8. The first-order valence-corrected chi connectivity index (χ1v) is 4.63. The van der Waals surface area contributed by atoms with Gasteiger partial charge >= 0.3 is 5.97 Å². The Hall–Kier alpha value is -1.10. The van der Waals surface area contributed by atoms with Crippen LogP contribution in [-0.2, 0) is 9.59 Å². The van der Waals surface area contributed by atoms with Crippen LogP contribution in [0.5, 0.6) is 0 Å². The Morgan fingerprint density at radius 2 is 1.93 bits per heavy atom. The molecule has 1 aliphatic heterocycles. The van der Waals surface area contributed by atoms with E-state index in [0.29, 0.717) is 19.5 Å². The van der Waals surface area contributed by atoms with E-state index in [1.165, 1.54) is 0 Å². The van der Waals surface area contributed by atoms with Crippen molar-refractivity contribution in [3.8, 4) is 0 Å². The maximum atomic E-state index is 11.3. The van der Waals surface area contributed by atoms with Gasteiger partial charge in [0.25, 0.3) is 0 Å². The van der Waals surface area contributed by atoms with Gasteiger partial charge in [0, 0.05) is 12.8 Å².